The molecule has 0 saturated carbocycles. The molecule has 92 valence electrons. The van der Waals surface area contributed by atoms with Gasteiger partial charge < -0.3 is 5.32 Å². The van der Waals surface area contributed by atoms with Crippen molar-refractivity contribution in [2.75, 3.05) is 11.5 Å². The second-order valence-electron chi connectivity index (χ2n) is 4.33. The third-order valence-corrected chi connectivity index (χ3v) is 5.26. The molecule has 0 amide bonds. The quantitative estimate of drug-likeness (QED) is 0.916. The van der Waals surface area contributed by atoms with Gasteiger partial charge in [-0.25, -0.2) is 4.98 Å². The van der Waals surface area contributed by atoms with Crippen LogP contribution < -0.4 is 5.32 Å². The Morgan fingerprint density at radius 1 is 1.53 bits per heavy atom. The van der Waals surface area contributed by atoms with Crippen LogP contribution in [0.25, 0.3) is 4.96 Å². The molecule has 1 aliphatic rings. The zero-order valence-corrected chi connectivity index (χ0v) is 11.1. The highest BCUT2D eigenvalue weighted by molar-refractivity contribution is 7.85. The van der Waals surface area contributed by atoms with E-state index in [0.29, 0.717) is 6.04 Å². The van der Waals surface area contributed by atoms with Crippen molar-refractivity contribution < 1.29 is 4.21 Å². The minimum atomic E-state index is -0.573. The van der Waals surface area contributed by atoms with Gasteiger partial charge in [0.05, 0.1) is 5.69 Å². The van der Waals surface area contributed by atoms with E-state index in [1.54, 1.807) is 11.3 Å². The van der Waals surface area contributed by atoms with E-state index in [9.17, 15) is 4.21 Å². The van der Waals surface area contributed by atoms with Gasteiger partial charge >= 0.3 is 0 Å². The molecule has 1 saturated heterocycles. The predicted molar refractivity (Wildman–Crippen MR) is 70.8 cm³/mol. The summed E-state index contributed by atoms with van der Waals surface area (Å²) in [5.41, 5.74) is 1.09. The third kappa shape index (κ3) is 2.59. The highest BCUT2D eigenvalue weighted by Gasteiger charge is 2.17. The van der Waals surface area contributed by atoms with Crippen LogP contribution in [0.3, 0.4) is 0 Å². The average molecular weight is 269 g/mol. The monoisotopic (exact) mass is 269 g/mol. The second kappa shape index (κ2) is 4.88. The standard InChI is InChI=1S/C11H15N3OS2/c15-17-5-1-9(2-6-17)12-7-10-8-14-3-4-16-11(14)13-10/h3-4,8-9,12H,1-2,5-7H2. The van der Waals surface area contributed by atoms with Gasteiger partial charge in [-0.2, -0.15) is 0 Å². The molecule has 0 atom stereocenters. The van der Waals surface area contributed by atoms with Gasteiger partial charge in [0.2, 0.25) is 0 Å². The Labute approximate surface area is 107 Å². The van der Waals surface area contributed by atoms with E-state index in [2.05, 4.69) is 20.9 Å². The summed E-state index contributed by atoms with van der Waals surface area (Å²) in [5, 5.41) is 5.54. The number of nitrogens with zero attached hydrogens (tertiary/aromatic N) is 2. The highest BCUT2D eigenvalue weighted by atomic mass is 32.2. The Kier molecular flexibility index (Phi) is 3.26. The summed E-state index contributed by atoms with van der Waals surface area (Å²) in [5.74, 6) is 1.69. The van der Waals surface area contributed by atoms with Gasteiger partial charge in [0, 0.05) is 52.7 Å². The summed E-state index contributed by atoms with van der Waals surface area (Å²) in [6.45, 7) is 0.811. The molecule has 1 aliphatic heterocycles. The lowest BCUT2D eigenvalue weighted by Crippen LogP contribution is -2.35. The summed E-state index contributed by atoms with van der Waals surface area (Å²) in [6.07, 6.45) is 6.14. The summed E-state index contributed by atoms with van der Waals surface area (Å²) in [4.78, 5) is 5.58. The molecule has 0 aliphatic carbocycles. The number of nitrogens with one attached hydrogen (secondary N) is 1. The van der Waals surface area contributed by atoms with Gasteiger partial charge in [0.1, 0.15) is 0 Å². The van der Waals surface area contributed by atoms with Gasteiger partial charge in [-0.15, -0.1) is 11.3 Å². The van der Waals surface area contributed by atoms with Crippen molar-refractivity contribution in [1.82, 2.24) is 14.7 Å². The fourth-order valence-corrected chi connectivity index (χ4v) is 4.13. The van der Waals surface area contributed by atoms with Crippen molar-refractivity contribution in [2.24, 2.45) is 0 Å². The summed E-state index contributed by atoms with van der Waals surface area (Å²) in [6, 6.07) is 0.507. The molecule has 1 N–H and O–H groups in total. The first-order chi connectivity index (χ1) is 8.31. The van der Waals surface area contributed by atoms with Crippen LogP contribution in [-0.2, 0) is 17.3 Å². The number of aromatic nitrogens is 2. The first-order valence-corrected chi connectivity index (χ1v) is 8.17. The van der Waals surface area contributed by atoms with E-state index < -0.39 is 10.8 Å². The first kappa shape index (κ1) is 11.4. The fourth-order valence-electron chi connectivity index (χ4n) is 2.11. The lowest BCUT2D eigenvalue weighted by atomic mass is 10.1. The molecule has 4 nitrogen and oxygen atoms in total. The van der Waals surface area contributed by atoms with E-state index in [4.69, 9.17) is 0 Å². The molecule has 0 radical (unpaired) electrons. The second-order valence-corrected chi connectivity index (χ2v) is 6.90. The molecule has 3 rings (SSSR count). The van der Waals surface area contributed by atoms with E-state index in [1.165, 1.54) is 0 Å². The molecule has 2 aromatic heterocycles. The van der Waals surface area contributed by atoms with Crippen molar-refractivity contribution in [2.45, 2.75) is 25.4 Å². The molecule has 2 aromatic rings. The van der Waals surface area contributed by atoms with Crippen molar-refractivity contribution >= 4 is 27.1 Å². The summed E-state index contributed by atoms with van der Waals surface area (Å²) < 4.78 is 13.3. The van der Waals surface area contributed by atoms with Crippen molar-refractivity contribution in [3.8, 4) is 0 Å². The molecule has 0 aromatic carbocycles. The van der Waals surface area contributed by atoms with Crippen molar-refractivity contribution in [1.29, 1.82) is 0 Å². The van der Waals surface area contributed by atoms with Crippen LogP contribution in [0.5, 0.6) is 0 Å². The summed E-state index contributed by atoms with van der Waals surface area (Å²) in [7, 11) is -0.573. The van der Waals surface area contributed by atoms with Crippen LogP contribution in [0.2, 0.25) is 0 Å². The molecule has 1 fully saturated rings. The molecular weight excluding hydrogens is 254 g/mol. The third-order valence-electron chi connectivity index (χ3n) is 3.10. The van der Waals surface area contributed by atoms with E-state index in [1.807, 2.05) is 11.6 Å². The van der Waals surface area contributed by atoms with Crippen LogP contribution >= 0.6 is 11.3 Å². The number of fused-ring (bicyclic) bond motifs is 1. The van der Waals surface area contributed by atoms with Crippen molar-refractivity contribution in [3.63, 3.8) is 0 Å². The molecular formula is C11H15N3OS2. The lowest BCUT2D eigenvalue weighted by Gasteiger charge is -2.22. The van der Waals surface area contributed by atoms with Gasteiger partial charge in [0.25, 0.3) is 0 Å². The maximum Gasteiger partial charge on any atom is 0.193 e. The number of rotatable bonds is 3. The van der Waals surface area contributed by atoms with Gasteiger partial charge in [0.15, 0.2) is 4.96 Å². The predicted octanol–water partition coefficient (Wildman–Crippen LogP) is 1.40. The Morgan fingerprint density at radius 3 is 3.12 bits per heavy atom. The Balaban J connectivity index is 1.57. The van der Waals surface area contributed by atoms with Crippen LogP contribution in [0.15, 0.2) is 17.8 Å². The van der Waals surface area contributed by atoms with Crippen LogP contribution in [-0.4, -0.2) is 31.1 Å². The average Bonchev–Trinajstić information content (AvgIpc) is 2.88. The van der Waals surface area contributed by atoms with E-state index >= 15 is 0 Å². The van der Waals surface area contributed by atoms with Crippen LogP contribution in [0.4, 0.5) is 0 Å². The minimum Gasteiger partial charge on any atom is -0.308 e. The zero-order chi connectivity index (χ0) is 11.7. The molecule has 0 unspecified atom stereocenters. The van der Waals surface area contributed by atoms with Crippen LogP contribution in [0.1, 0.15) is 18.5 Å². The Hall–Kier alpha value is -0.720. The van der Waals surface area contributed by atoms with Gasteiger partial charge in [-0.1, -0.05) is 0 Å². The summed E-state index contributed by atoms with van der Waals surface area (Å²) >= 11 is 1.65. The lowest BCUT2D eigenvalue weighted by molar-refractivity contribution is 0.472. The highest BCUT2D eigenvalue weighted by Crippen LogP contribution is 2.13. The SMILES string of the molecule is O=S1CCC(NCc2cn3ccsc3n2)CC1. The molecule has 0 bridgehead atoms. The largest absolute Gasteiger partial charge is 0.308 e. The van der Waals surface area contributed by atoms with Gasteiger partial charge in [-0.3, -0.25) is 8.61 Å². The molecule has 6 heteroatoms. The topological polar surface area (TPSA) is 46.4 Å². The normalized spacial score (nSPS) is 25.4. The zero-order valence-electron chi connectivity index (χ0n) is 9.46. The smallest absolute Gasteiger partial charge is 0.193 e. The molecule has 17 heavy (non-hydrogen) atoms. The number of imidazole rings is 1. The van der Waals surface area contributed by atoms with Gasteiger partial charge in [-0.05, 0) is 12.8 Å². The molecule has 3 heterocycles. The number of hydrogen-bond acceptors (Lipinski definition) is 4. The minimum absolute atomic E-state index is 0.507. The van der Waals surface area contributed by atoms with Crippen molar-refractivity contribution in [3.05, 3.63) is 23.5 Å². The van der Waals surface area contributed by atoms with E-state index in [-0.39, 0.29) is 0 Å². The Bertz CT molecular complexity index is 495. The molecule has 0 spiro atoms. The number of thiazole rings is 1. The number of hydrogen-bond donors (Lipinski definition) is 1. The first-order valence-electron chi connectivity index (χ1n) is 5.81. The van der Waals surface area contributed by atoms with Crippen LogP contribution in [0, 0.1) is 0 Å². The fraction of sp³-hybridized carbons (Fsp3) is 0.545. The maximum absolute atomic E-state index is 11.2. The van der Waals surface area contributed by atoms with E-state index in [0.717, 1.165) is 41.5 Å². The maximum atomic E-state index is 11.2. The Morgan fingerprint density at radius 2 is 2.35 bits per heavy atom.